The maximum atomic E-state index is 11.1. The molecule has 0 aliphatic heterocycles. The molecule has 17 heavy (non-hydrogen) atoms. The molecule has 0 saturated heterocycles. The molecule has 5 nitrogen and oxygen atoms in total. The van der Waals surface area contributed by atoms with Crippen molar-refractivity contribution in [1.82, 2.24) is 0 Å². The highest BCUT2D eigenvalue weighted by molar-refractivity contribution is 5.75. The lowest BCUT2D eigenvalue weighted by Crippen LogP contribution is -2.29. The summed E-state index contributed by atoms with van der Waals surface area (Å²) in [4.78, 5) is 11.1. The monoisotopic (exact) mass is 240 g/mol. The molecule has 1 rings (SSSR count). The molecule has 1 aromatic carbocycles. The van der Waals surface area contributed by atoms with E-state index in [1.807, 2.05) is 6.92 Å². The van der Waals surface area contributed by atoms with E-state index in [-0.39, 0.29) is 6.61 Å². The first kappa shape index (κ1) is 13.6. The van der Waals surface area contributed by atoms with E-state index >= 15 is 0 Å². The number of aliphatic hydroxyl groups is 3. The Labute approximate surface area is 99.3 Å². The van der Waals surface area contributed by atoms with Crippen molar-refractivity contribution in [2.75, 3.05) is 7.11 Å². The summed E-state index contributed by atoms with van der Waals surface area (Å²) >= 11 is 0. The van der Waals surface area contributed by atoms with Crippen LogP contribution in [0.3, 0.4) is 0 Å². The van der Waals surface area contributed by atoms with E-state index in [1.165, 1.54) is 0 Å². The molecule has 0 aliphatic carbocycles. The molecule has 0 aromatic heterocycles. The zero-order valence-corrected chi connectivity index (χ0v) is 9.75. The number of ether oxygens (including phenoxy) is 1. The first-order chi connectivity index (χ1) is 8.01. The number of hydrogen-bond donors (Lipinski definition) is 3. The first-order valence-electron chi connectivity index (χ1n) is 5.15. The van der Waals surface area contributed by atoms with Gasteiger partial charge in [0.25, 0.3) is 0 Å². The van der Waals surface area contributed by atoms with E-state index in [9.17, 15) is 15.0 Å². The van der Waals surface area contributed by atoms with Gasteiger partial charge in [-0.25, -0.2) is 4.79 Å². The molecule has 0 fully saturated rings. The molecule has 1 aromatic rings. The number of hydrogen-bond acceptors (Lipinski definition) is 5. The minimum absolute atomic E-state index is 0.166. The number of benzene rings is 1. The van der Waals surface area contributed by atoms with E-state index in [4.69, 9.17) is 5.11 Å². The minimum atomic E-state index is -1.63. The smallest absolute Gasteiger partial charge is 0.337 e. The lowest BCUT2D eigenvalue weighted by Gasteiger charge is -2.17. The Morgan fingerprint density at radius 2 is 2.06 bits per heavy atom. The highest BCUT2D eigenvalue weighted by Gasteiger charge is 2.26. The Bertz CT molecular complexity index is 402. The van der Waals surface area contributed by atoms with Crippen molar-refractivity contribution in [2.24, 2.45) is 0 Å². The van der Waals surface area contributed by atoms with Gasteiger partial charge in [0.2, 0.25) is 0 Å². The van der Waals surface area contributed by atoms with Crippen LogP contribution in [0.15, 0.2) is 18.2 Å². The minimum Gasteiger partial charge on any atom is -0.467 e. The summed E-state index contributed by atoms with van der Waals surface area (Å²) in [6.07, 6.45) is -3.00. The Kier molecular flexibility index (Phi) is 4.62. The SMILES string of the molecule is COC(=O)C(O)C(O)c1ccc(C)c(CO)c1. The van der Waals surface area contributed by atoms with Gasteiger partial charge < -0.3 is 20.1 Å². The Balaban J connectivity index is 2.96. The molecular weight excluding hydrogens is 224 g/mol. The van der Waals surface area contributed by atoms with Crippen LogP contribution in [0, 0.1) is 6.92 Å². The molecule has 0 heterocycles. The number of esters is 1. The Morgan fingerprint density at radius 1 is 1.41 bits per heavy atom. The lowest BCUT2D eigenvalue weighted by atomic mass is 9.99. The number of carbonyl (C=O) groups is 1. The molecule has 2 atom stereocenters. The van der Waals surface area contributed by atoms with Gasteiger partial charge in [-0.1, -0.05) is 18.2 Å². The van der Waals surface area contributed by atoms with Crippen LogP contribution in [-0.2, 0) is 16.1 Å². The molecule has 2 unspecified atom stereocenters. The van der Waals surface area contributed by atoms with Gasteiger partial charge in [-0.05, 0) is 23.6 Å². The van der Waals surface area contributed by atoms with E-state index < -0.39 is 18.2 Å². The number of methoxy groups -OCH3 is 1. The third-order valence-corrected chi connectivity index (χ3v) is 2.63. The normalized spacial score (nSPS) is 14.2. The molecule has 3 N–H and O–H groups in total. The second kappa shape index (κ2) is 5.77. The van der Waals surface area contributed by atoms with Gasteiger partial charge in [0.05, 0.1) is 13.7 Å². The predicted octanol–water partition coefficient (Wildman–Crippen LogP) is 0.0546. The summed E-state index contributed by atoms with van der Waals surface area (Å²) in [6, 6.07) is 4.84. The lowest BCUT2D eigenvalue weighted by molar-refractivity contribution is -0.156. The van der Waals surface area contributed by atoms with Gasteiger partial charge in [-0.15, -0.1) is 0 Å². The van der Waals surface area contributed by atoms with Crippen molar-refractivity contribution in [3.05, 3.63) is 34.9 Å². The largest absolute Gasteiger partial charge is 0.467 e. The summed E-state index contributed by atoms with van der Waals surface area (Å²) in [5, 5.41) is 28.3. The predicted molar refractivity (Wildman–Crippen MR) is 60.1 cm³/mol. The summed E-state index contributed by atoms with van der Waals surface area (Å²) in [7, 11) is 1.13. The fraction of sp³-hybridized carbons (Fsp3) is 0.417. The average Bonchev–Trinajstić information content (AvgIpc) is 2.36. The fourth-order valence-electron chi connectivity index (χ4n) is 1.48. The van der Waals surface area contributed by atoms with Crippen molar-refractivity contribution in [3.63, 3.8) is 0 Å². The molecular formula is C12H16O5. The number of rotatable bonds is 4. The van der Waals surface area contributed by atoms with Crippen LogP contribution < -0.4 is 0 Å². The molecule has 0 amide bonds. The van der Waals surface area contributed by atoms with Crippen molar-refractivity contribution in [3.8, 4) is 0 Å². The summed E-state index contributed by atoms with van der Waals surface area (Å²) < 4.78 is 4.34. The van der Waals surface area contributed by atoms with Gasteiger partial charge in [-0.2, -0.15) is 0 Å². The number of aryl methyl sites for hydroxylation is 1. The average molecular weight is 240 g/mol. The molecule has 5 heteroatoms. The van der Waals surface area contributed by atoms with Crippen molar-refractivity contribution in [1.29, 1.82) is 0 Å². The third kappa shape index (κ3) is 3.03. The van der Waals surface area contributed by atoms with E-state index in [2.05, 4.69) is 4.74 Å². The zero-order chi connectivity index (χ0) is 13.0. The topological polar surface area (TPSA) is 87.0 Å². The van der Waals surface area contributed by atoms with Gasteiger partial charge in [0.1, 0.15) is 6.10 Å². The van der Waals surface area contributed by atoms with Crippen LogP contribution in [0.5, 0.6) is 0 Å². The van der Waals surface area contributed by atoms with Crippen molar-refractivity contribution in [2.45, 2.75) is 25.7 Å². The summed E-state index contributed by atoms with van der Waals surface area (Å²) in [5.41, 5.74) is 1.87. The highest BCUT2D eigenvalue weighted by atomic mass is 16.5. The van der Waals surface area contributed by atoms with Crippen molar-refractivity contribution >= 4 is 5.97 Å². The molecule has 0 saturated carbocycles. The van der Waals surface area contributed by atoms with Gasteiger partial charge in [0.15, 0.2) is 6.10 Å². The molecule has 0 bridgehead atoms. The molecule has 0 radical (unpaired) electrons. The second-order valence-electron chi connectivity index (χ2n) is 3.76. The van der Waals surface area contributed by atoms with Crippen LogP contribution in [-0.4, -0.2) is 34.5 Å². The van der Waals surface area contributed by atoms with Crippen LogP contribution in [0.25, 0.3) is 0 Å². The van der Waals surface area contributed by atoms with E-state index in [0.717, 1.165) is 12.7 Å². The van der Waals surface area contributed by atoms with Crippen molar-refractivity contribution < 1.29 is 24.9 Å². The van der Waals surface area contributed by atoms with Crippen LogP contribution >= 0.6 is 0 Å². The molecule has 0 spiro atoms. The molecule has 94 valence electrons. The standard InChI is InChI=1S/C12H16O5/c1-7-3-4-8(5-9(7)6-13)10(14)11(15)12(16)17-2/h3-5,10-11,13-15H,6H2,1-2H3. The highest BCUT2D eigenvalue weighted by Crippen LogP contribution is 2.21. The van der Waals surface area contributed by atoms with E-state index in [1.54, 1.807) is 18.2 Å². The maximum absolute atomic E-state index is 11.1. The van der Waals surface area contributed by atoms with Crippen LogP contribution in [0.2, 0.25) is 0 Å². The van der Waals surface area contributed by atoms with Gasteiger partial charge in [-0.3, -0.25) is 0 Å². The Hall–Kier alpha value is -1.43. The molecule has 0 aliphatic rings. The summed E-state index contributed by atoms with van der Waals surface area (Å²) in [6.45, 7) is 1.65. The first-order valence-corrected chi connectivity index (χ1v) is 5.15. The summed E-state index contributed by atoms with van der Waals surface area (Å²) in [5.74, 6) is -0.899. The third-order valence-electron chi connectivity index (χ3n) is 2.63. The quantitative estimate of drug-likeness (QED) is 0.647. The van der Waals surface area contributed by atoms with Crippen LogP contribution in [0.4, 0.5) is 0 Å². The number of carbonyl (C=O) groups excluding carboxylic acids is 1. The fourth-order valence-corrected chi connectivity index (χ4v) is 1.48. The van der Waals surface area contributed by atoms with E-state index in [0.29, 0.717) is 11.1 Å². The van der Waals surface area contributed by atoms with Gasteiger partial charge in [0, 0.05) is 0 Å². The van der Waals surface area contributed by atoms with Gasteiger partial charge >= 0.3 is 5.97 Å². The Morgan fingerprint density at radius 3 is 2.59 bits per heavy atom. The second-order valence-corrected chi connectivity index (χ2v) is 3.76. The number of aliphatic hydroxyl groups excluding tert-OH is 3. The maximum Gasteiger partial charge on any atom is 0.337 e. The van der Waals surface area contributed by atoms with Crippen LogP contribution in [0.1, 0.15) is 22.8 Å². The zero-order valence-electron chi connectivity index (χ0n) is 9.75.